The van der Waals surface area contributed by atoms with Crippen molar-refractivity contribution in [1.82, 2.24) is 10.2 Å². The maximum atomic E-state index is 13.5. The summed E-state index contributed by atoms with van der Waals surface area (Å²) in [4.78, 5) is 1.16. The van der Waals surface area contributed by atoms with E-state index in [0.717, 1.165) is 33.8 Å². The van der Waals surface area contributed by atoms with E-state index in [0.29, 0.717) is 0 Å². The van der Waals surface area contributed by atoms with Gasteiger partial charge >= 0.3 is 0 Å². The van der Waals surface area contributed by atoms with Gasteiger partial charge in [0.05, 0.1) is 4.88 Å². The van der Waals surface area contributed by atoms with E-state index >= 15 is 0 Å². The lowest BCUT2D eigenvalue weighted by molar-refractivity contribution is 0.606. The van der Waals surface area contributed by atoms with Gasteiger partial charge in [-0.2, -0.15) is 5.10 Å². The Morgan fingerprint density at radius 1 is 0.926 bits per heavy atom. The molecule has 2 aromatic carbocycles. The summed E-state index contributed by atoms with van der Waals surface area (Å²) >= 11 is 1.69. The van der Waals surface area contributed by atoms with Gasteiger partial charge in [0.15, 0.2) is 0 Å². The Balaban J connectivity index is 1.67. The van der Waals surface area contributed by atoms with E-state index in [1.54, 1.807) is 11.3 Å². The highest BCUT2D eigenvalue weighted by molar-refractivity contribution is 7.13. The molecule has 27 heavy (non-hydrogen) atoms. The molecule has 2 nitrogen and oxygen atoms in total. The van der Waals surface area contributed by atoms with Crippen molar-refractivity contribution in [3.8, 4) is 10.6 Å². The number of thiophene rings is 1. The van der Waals surface area contributed by atoms with Crippen LogP contribution in [0.1, 0.15) is 22.4 Å². The van der Waals surface area contributed by atoms with Gasteiger partial charge in [-0.3, -0.25) is 5.10 Å². The summed E-state index contributed by atoms with van der Waals surface area (Å²) in [6.45, 7) is 0. The maximum absolute atomic E-state index is 13.5. The van der Waals surface area contributed by atoms with Gasteiger partial charge in [0.1, 0.15) is 11.5 Å². The molecule has 0 amide bonds. The van der Waals surface area contributed by atoms with Gasteiger partial charge < -0.3 is 0 Å². The quantitative estimate of drug-likeness (QED) is 0.481. The molecular formula is C23H17FN2S. The van der Waals surface area contributed by atoms with Crippen LogP contribution in [0.25, 0.3) is 16.6 Å². The minimum Gasteiger partial charge on any atom is -0.281 e. The molecule has 5 rings (SSSR count). The summed E-state index contributed by atoms with van der Waals surface area (Å²) < 4.78 is 13.5. The first-order chi connectivity index (χ1) is 13.3. The van der Waals surface area contributed by atoms with Crippen molar-refractivity contribution in [2.75, 3.05) is 0 Å². The first kappa shape index (κ1) is 16.2. The standard InChI is InChI=1S/C23H17FN2S/c24-18-10-8-17(9-11-18)23(16-5-2-1-3-6-16)13-12-19-20(15-23)25-26-22(19)21-7-4-14-27-21/h1-14H,15H2,(H,25,26). The van der Waals surface area contributed by atoms with E-state index in [1.807, 2.05) is 36.4 Å². The fourth-order valence-corrected chi connectivity index (χ4v) is 4.64. The summed E-state index contributed by atoms with van der Waals surface area (Å²) in [6.07, 6.45) is 5.16. The SMILES string of the molecule is Fc1ccc(C2(c3ccccc3)C=Cc3c(-c4cccs4)n[nH]c3C2)cc1. The molecule has 0 spiro atoms. The molecular weight excluding hydrogens is 355 g/mol. The number of benzene rings is 2. The zero-order valence-electron chi connectivity index (χ0n) is 14.5. The average molecular weight is 372 g/mol. The second-order valence-corrected chi connectivity index (χ2v) is 7.74. The number of halogens is 1. The highest BCUT2D eigenvalue weighted by Crippen LogP contribution is 2.43. The fourth-order valence-electron chi connectivity index (χ4n) is 3.91. The maximum Gasteiger partial charge on any atom is 0.123 e. The van der Waals surface area contributed by atoms with E-state index in [9.17, 15) is 4.39 Å². The third kappa shape index (κ3) is 2.64. The van der Waals surface area contributed by atoms with Crippen molar-refractivity contribution in [3.05, 3.63) is 106 Å². The molecule has 2 heterocycles. The minimum atomic E-state index is -0.346. The highest BCUT2D eigenvalue weighted by Gasteiger charge is 2.36. The first-order valence-electron chi connectivity index (χ1n) is 8.88. The van der Waals surface area contributed by atoms with E-state index in [4.69, 9.17) is 0 Å². The molecule has 0 saturated carbocycles. The van der Waals surface area contributed by atoms with Crippen molar-refractivity contribution in [2.45, 2.75) is 11.8 Å². The second kappa shape index (κ2) is 6.32. The number of rotatable bonds is 3. The third-order valence-electron chi connectivity index (χ3n) is 5.28. The van der Waals surface area contributed by atoms with Crippen LogP contribution in [-0.4, -0.2) is 10.2 Å². The third-order valence-corrected chi connectivity index (χ3v) is 6.15. The molecule has 0 fully saturated rings. The molecule has 2 aromatic heterocycles. The molecule has 0 aliphatic heterocycles. The van der Waals surface area contributed by atoms with Crippen molar-refractivity contribution >= 4 is 17.4 Å². The molecule has 132 valence electrons. The van der Waals surface area contributed by atoms with Crippen LogP contribution in [0.3, 0.4) is 0 Å². The molecule has 1 aliphatic rings. The summed E-state index contributed by atoms with van der Waals surface area (Å²) in [5, 5.41) is 9.90. The van der Waals surface area contributed by atoms with Crippen LogP contribution in [0, 0.1) is 5.82 Å². The van der Waals surface area contributed by atoms with Crippen LogP contribution in [0.15, 0.2) is 78.2 Å². The number of hydrogen-bond donors (Lipinski definition) is 1. The van der Waals surface area contributed by atoms with Crippen LogP contribution in [0.4, 0.5) is 4.39 Å². The first-order valence-corrected chi connectivity index (χ1v) is 9.76. The van der Waals surface area contributed by atoms with Crippen molar-refractivity contribution < 1.29 is 4.39 Å². The molecule has 0 bridgehead atoms. The number of nitrogens with one attached hydrogen (secondary N) is 1. The number of H-pyrrole nitrogens is 1. The monoisotopic (exact) mass is 372 g/mol. The zero-order chi connectivity index (χ0) is 18.3. The zero-order valence-corrected chi connectivity index (χ0v) is 15.3. The molecule has 4 aromatic rings. The van der Waals surface area contributed by atoms with E-state index in [-0.39, 0.29) is 11.2 Å². The van der Waals surface area contributed by atoms with Gasteiger partial charge in [-0.05, 0) is 34.7 Å². The molecule has 1 unspecified atom stereocenters. The number of aromatic amines is 1. The predicted octanol–water partition coefficient (Wildman–Crippen LogP) is 5.83. The molecule has 4 heteroatoms. The van der Waals surface area contributed by atoms with Gasteiger partial charge in [0, 0.05) is 23.1 Å². The summed E-state index contributed by atoms with van der Waals surface area (Å²) in [5.74, 6) is -0.219. The highest BCUT2D eigenvalue weighted by atomic mass is 32.1. The number of fused-ring (bicyclic) bond motifs is 1. The molecule has 1 N–H and O–H groups in total. The average Bonchev–Trinajstić information content (AvgIpc) is 3.38. The Bertz CT molecular complexity index is 1100. The number of allylic oxidation sites excluding steroid dienone is 1. The van der Waals surface area contributed by atoms with Crippen LogP contribution < -0.4 is 0 Å². The smallest absolute Gasteiger partial charge is 0.123 e. The normalized spacial score (nSPS) is 18.4. The summed E-state index contributed by atoms with van der Waals surface area (Å²) in [7, 11) is 0. The van der Waals surface area contributed by atoms with Crippen molar-refractivity contribution in [3.63, 3.8) is 0 Å². The predicted molar refractivity (Wildman–Crippen MR) is 108 cm³/mol. The van der Waals surface area contributed by atoms with Crippen LogP contribution in [0.5, 0.6) is 0 Å². The van der Waals surface area contributed by atoms with Crippen LogP contribution in [0.2, 0.25) is 0 Å². The summed E-state index contributed by atoms with van der Waals surface area (Å²) in [5.41, 5.74) is 5.16. The number of hydrogen-bond acceptors (Lipinski definition) is 2. The van der Waals surface area contributed by atoms with Crippen molar-refractivity contribution in [2.24, 2.45) is 0 Å². The Kier molecular flexibility index (Phi) is 3.80. The van der Waals surface area contributed by atoms with Crippen molar-refractivity contribution in [1.29, 1.82) is 0 Å². The second-order valence-electron chi connectivity index (χ2n) is 6.80. The molecule has 0 saturated heterocycles. The lowest BCUT2D eigenvalue weighted by atomic mass is 9.68. The van der Waals surface area contributed by atoms with Crippen LogP contribution in [-0.2, 0) is 11.8 Å². The topological polar surface area (TPSA) is 28.7 Å². The summed E-state index contributed by atoms with van der Waals surface area (Å²) in [6, 6.07) is 21.4. The van der Waals surface area contributed by atoms with E-state index in [2.05, 4.69) is 45.9 Å². The molecule has 0 radical (unpaired) electrons. The Labute approximate surface area is 161 Å². The van der Waals surface area contributed by atoms with Gasteiger partial charge in [-0.1, -0.05) is 60.7 Å². The lowest BCUT2D eigenvalue weighted by Gasteiger charge is -2.34. The Hall–Kier alpha value is -2.98. The minimum absolute atomic E-state index is 0.219. The van der Waals surface area contributed by atoms with Gasteiger partial charge in [0.2, 0.25) is 0 Å². The number of nitrogens with zero attached hydrogens (tertiary/aromatic N) is 1. The Morgan fingerprint density at radius 2 is 1.70 bits per heavy atom. The van der Waals surface area contributed by atoms with Crippen LogP contribution >= 0.6 is 11.3 Å². The van der Waals surface area contributed by atoms with Gasteiger partial charge in [-0.25, -0.2) is 4.39 Å². The van der Waals surface area contributed by atoms with Gasteiger partial charge in [0.25, 0.3) is 0 Å². The largest absolute Gasteiger partial charge is 0.281 e. The molecule has 1 aliphatic carbocycles. The fraction of sp³-hybridized carbons (Fsp3) is 0.0870. The number of aromatic nitrogens is 2. The lowest BCUT2D eigenvalue weighted by Crippen LogP contribution is -2.30. The molecule has 1 atom stereocenters. The van der Waals surface area contributed by atoms with Gasteiger partial charge in [-0.15, -0.1) is 11.3 Å². The van der Waals surface area contributed by atoms with E-state index in [1.165, 1.54) is 17.7 Å². The Morgan fingerprint density at radius 3 is 2.44 bits per heavy atom. The van der Waals surface area contributed by atoms with E-state index < -0.39 is 0 Å².